The van der Waals surface area contributed by atoms with E-state index in [2.05, 4.69) is 20.0 Å². The summed E-state index contributed by atoms with van der Waals surface area (Å²) in [5, 5.41) is -0.431. The van der Waals surface area contributed by atoms with Gasteiger partial charge >= 0.3 is 0 Å². The predicted octanol–water partition coefficient (Wildman–Crippen LogP) is 4.45. The first-order valence-corrected chi connectivity index (χ1v) is 9.43. The minimum absolute atomic E-state index is 0.431. The molecule has 0 aliphatic heterocycles. The SMILES string of the molecule is CCCC[Si](C)(C)Oc1ccc(C(=O)Cl)cc1. The zero-order valence-electron chi connectivity index (χ0n) is 10.6. The molecule has 0 aromatic heterocycles. The molecule has 17 heavy (non-hydrogen) atoms. The van der Waals surface area contributed by atoms with Gasteiger partial charge < -0.3 is 4.43 Å². The molecule has 0 aliphatic carbocycles. The quantitative estimate of drug-likeness (QED) is 0.564. The molecule has 1 rings (SSSR count). The summed E-state index contributed by atoms with van der Waals surface area (Å²) in [6.07, 6.45) is 2.40. The van der Waals surface area contributed by atoms with Gasteiger partial charge in [0.15, 0.2) is 0 Å². The maximum atomic E-state index is 10.9. The molecule has 4 heteroatoms. The molecule has 94 valence electrons. The van der Waals surface area contributed by atoms with Crippen LogP contribution in [0.3, 0.4) is 0 Å². The second-order valence-electron chi connectivity index (χ2n) is 4.76. The molecule has 0 unspecified atom stereocenters. The molecule has 1 aromatic carbocycles. The van der Waals surface area contributed by atoms with Crippen molar-refractivity contribution >= 4 is 25.2 Å². The van der Waals surface area contributed by atoms with Gasteiger partial charge in [-0.2, -0.15) is 0 Å². The van der Waals surface area contributed by atoms with Crippen LogP contribution in [0.2, 0.25) is 19.1 Å². The highest BCUT2D eigenvalue weighted by atomic mass is 35.5. The minimum atomic E-state index is -1.63. The Morgan fingerprint density at radius 1 is 1.29 bits per heavy atom. The van der Waals surface area contributed by atoms with Gasteiger partial charge in [-0.15, -0.1) is 0 Å². The third-order valence-electron chi connectivity index (χ3n) is 2.61. The van der Waals surface area contributed by atoms with Gasteiger partial charge in [0.1, 0.15) is 5.75 Å². The predicted molar refractivity (Wildman–Crippen MR) is 74.5 cm³/mol. The maximum absolute atomic E-state index is 10.9. The van der Waals surface area contributed by atoms with Crippen molar-refractivity contribution in [1.29, 1.82) is 0 Å². The lowest BCUT2D eigenvalue weighted by Gasteiger charge is -2.24. The molecular weight excluding hydrogens is 252 g/mol. The Bertz CT molecular complexity index is 374. The summed E-state index contributed by atoms with van der Waals surface area (Å²) in [4.78, 5) is 10.9. The molecule has 0 radical (unpaired) electrons. The van der Waals surface area contributed by atoms with Crippen molar-refractivity contribution in [2.45, 2.75) is 38.9 Å². The van der Waals surface area contributed by atoms with E-state index in [9.17, 15) is 4.79 Å². The summed E-state index contributed by atoms with van der Waals surface area (Å²) in [7, 11) is -1.63. The molecule has 0 saturated heterocycles. The maximum Gasteiger partial charge on any atom is 0.252 e. The van der Waals surface area contributed by atoms with E-state index >= 15 is 0 Å². The topological polar surface area (TPSA) is 26.3 Å². The molecule has 0 heterocycles. The van der Waals surface area contributed by atoms with Gasteiger partial charge in [-0.05, 0) is 55.0 Å². The molecule has 0 fully saturated rings. The molecule has 1 aromatic rings. The van der Waals surface area contributed by atoms with Crippen molar-refractivity contribution in [3.05, 3.63) is 29.8 Å². The first kappa shape index (κ1) is 14.3. The van der Waals surface area contributed by atoms with E-state index in [1.54, 1.807) is 12.1 Å². The van der Waals surface area contributed by atoms with Crippen LogP contribution in [0.15, 0.2) is 24.3 Å². The van der Waals surface area contributed by atoms with Crippen LogP contribution in [0.4, 0.5) is 0 Å². The van der Waals surface area contributed by atoms with Crippen LogP contribution in [-0.4, -0.2) is 13.6 Å². The van der Waals surface area contributed by atoms with Crippen molar-refractivity contribution < 1.29 is 9.22 Å². The van der Waals surface area contributed by atoms with Crippen LogP contribution >= 0.6 is 11.6 Å². The number of carbonyl (C=O) groups excluding carboxylic acids is 1. The smallest absolute Gasteiger partial charge is 0.252 e. The third-order valence-corrected chi connectivity index (χ3v) is 5.17. The fourth-order valence-corrected chi connectivity index (χ4v) is 3.83. The van der Waals surface area contributed by atoms with Crippen molar-refractivity contribution in [2.24, 2.45) is 0 Å². The Kier molecular flexibility index (Phi) is 5.21. The minimum Gasteiger partial charge on any atom is -0.544 e. The number of halogens is 1. The van der Waals surface area contributed by atoms with Crippen molar-refractivity contribution in [1.82, 2.24) is 0 Å². The molecule has 0 spiro atoms. The Labute approximate surface area is 109 Å². The number of unbranched alkanes of at least 4 members (excludes halogenated alkanes) is 1. The first-order chi connectivity index (χ1) is 7.94. The summed E-state index contributed by atoms with van der Waals surface area (Å²) >= 11 is 5.39. The van der Waals surface area contributed by atoms with Crippen LogP contribution in [0.1, 0.15) is 30.1 Å². The van der Waals surface area contributed by atoms with Gasteiger partial charge in [0.05, 0.1) is 0 Å². The Hall–Kier alpha value is -0.803. The average Bonchev–Trinajstić information content (AvgIpc) is 2.26. The van der Waals surface area contributed by atoms with Crippen molar-refractivity contribution in [3.8, 4) is 5.75 Å². The second-order valence-corrected chi connectivity index (χ2v) is 9.33. The summed E-state index contributed by atoms with van der Waals surface area (Å²) in [5.41, 5.74) is 0.507. The van der Waals surface area contributed by atoms with Crippen molar-refractivity contribution in [3.63, 3.8) is 0 Å². The van der Waals surface area contributed by atoms with E-state index in [1.165, 1.54) is 12.8 Å². The van der Waals surface area contributed by atoms with Gasteiger partial charge in [-0.1, -0.05) is 19.8 Å². The van der Waals surface area contributed by atoms with Crippen LogP contribution in [0.25, 0.3) is 0 Å². The second kappa shape index (κ2) is 6.22. The van der Waals surface area contributed by atoms with Crippen LogP contribution < -0.4 is 4.43 Å². The highest BCUT2D eigenvalue weighted by Gasteiger charge is 2.23. The number of rotatable bonds is 6. The Morgan fingerprint density at radius 3 is 2.35 bits per heavy atom. The normalized spacial score (nSPS) is 11.3. The summed E-state index contributed by atoms with van der Waals surface area (Å²) in [6.45, 7) is 6.61. The Balaban J connectivity index is 2.65. The zero-order chi connectivity index (χ0) is 12.9. The molecule has 0 saturated carbocycles. The van der Waals surface area contributed by atoms with Gasteiger partial charge in [0, 0.05) is 5.56 Å². The number of hydrogen-bond acceptors (Lipinski definition) is 2. The van der Waals surface area contributed by atoms with Crippen LogP contribution in [0.5, 0.6) is 5.75 Å². The highest BCUT2D eigenvalue weighted by Crippen LogP contribution is 2.21. The fourth-order valence-electron chi connectivity index (χ4n) is 1.63. The average molecular weight is 271 g/mol. The molecule has 0 atom stereocenters. The standard InChI is InChI=1S/C13H19ClO2Si/c1-4-5-10-17(2,3)16-12-8-6-11(7-9-12)13(14)15/h6-9H,4-5,10H2,1-3H3. The number of benzene rings is 1. The molecule has 0 N–H and O–H groups in total. The molecular formula is C13H19ClO2Si. The summed E-state index contributed by atoms with van der Waals surface area (Å²) in [5.74, 6) is 0.833. The van der Waals surface area contributed by atoms with Gasteiger partial charge in [0.25, 0.3) is 5.24 Å². The zero-order valence-corrected chi connectivity index (χ0v) is 12.4. The molecule has 0 aliphatic rings. The van der Waals surface area contributed by atoms with E-state index in [4.69, 9.17) is 16.0 Å². The lowest BCUT2D eigenvalue weighted by atomic mass is 10.2. The monoisotopic (exact) mass is 270 g/mol. The van der Waals surface area contributed by atoms with Gasteiger partial charge in [-0.25, -0.2) is 0 Å². The van der Waals surface area contributed by atoms with E-state index in [-0.39, 0.29) is 0 Å². The van der Waals surface area contributed by atoms with E-state index < -0.39 is 13.6 Å². The van der Waals surface area contributed by atoms with Gasteiger partial charge in [-0.3, -0.25) is 4.79 Å². The number of carbonyl (C=O) groups is 1. The summed E-state index contributed by atoms with van der Waals surface area (Å²) in [6, 6.07) is 8.19. The summed E-state index contributed by atoms with van der Waals surface area (Å²) < 4.78 is 6.02. The first-order valence-electron chi connectivity index (χ1n) is 5.93. The molecule has 0 bridgehead atoms. The Morgan fingerprint density at radius 2 is 1.88 bits per heavy atom. The van der Waals surface area contributed by atoms with E-state index in [1.807, 2.05) is 12.1 Å². The lowest BCUT2D eigenvalue weighted by Crippen LogP contribution is -2.33. The lowest BCUT2D eigenvalue weighted by molar-refractivity contribution is 0.108. The molecule has 2 nitrogen and oxygen atoms in total. The third kappa shape index (κ3) is 4.92. The highest BCUT2D eigenvalue weighted by molar-refractivity contribution is 6.71. The van der Waals surface area contributed by atoms with Crippen LogP contribution in [-0.2, 0) is 0 Å². The van der Waals surface area contributed by atoms with Crippen molar-refractivity contribution in [2.75, 3.05) is 0 Å². The fraction of sp³-hybridized carbons (Fsp3) is 0.462. The molecule has 0 amide bonds. The van der Waals surface area contributed by atoms with E-state index in [0.29, 0.717) is 5.56 Å². The van der Waals surface area contributed by atoms with E-state index in [0.717, 1.165) is 11.8 Å². The number of hydrogen-bond donors (Lipinski definition) is 0. The largest absolute Gasteiger partial charge is 0.544 e. The van der Waals surface area contributed by atoms with Crippen LogP contribution in [0, 0.1) is 0 Å². The van der Waals surface area contributed by atoms with Gasteiger partial charge in [0.2, 0.25) is 8.32 Å².